The van der Waals surface area contributed by atoms with Crippen molar-refractivity contribution in [1.29, 1.82) is 0 Å². The third-order valence-corrected chi connectivity index (χ3v) is 15.4. The number of furan rings is 1. The molecule has 16 rings (SSSR count). The van der Waals surface area contributed by atoms with E-state index in [-0.39, 0.29) is 12.0 Å². The summed E-state index contributed by atoms with van der Waals surface area (Å²) >= 11 is 0. The van der Waals surface area contributed by atoms with Crippen LogP contribution in [0.5, 0.6) is 5.75 Å². The highest BCUT2D eigenvalue weighted by Crippen LogP contribution is 2.48. The molecule has 5 heterocycles. The van der Waals surface area contributed by atoms with Crippen LogP contribution < -0.4 is 4.74 Å². The molecule has 1 aliphatic carbocycles. The SMILES string of the molecule is C1=CC2Oc3c(cccc3-n3c4ccccc4c4ccc(-c5ccc6c7cc(-c8ccc9c%10ccccc%10n(-c%10cccc%11c%10oc%10ccccc%10%11)c9c8)ccc7n(-c7ccccc7)c6c5)cc43)C2C=C1. The topological polar surface area (TPSA) is 37.2 Å². The standard InChI is InChI=1S/C66H41N3O2/c1-2-14-44(15-3-1)67-57-35-31-40(41-28-32-47-45-16-4-8-22-55(45)68(61(47)38-41)58-24-12-20-52-50-18-6-10-26-63(50)70-65(52)58)36-54(57)49-34-30-42(37-60(49)67)43-29-33-48-46-17-5-9-23-56(46)69(62(48)39-43)59-25-13-21-53-51-19-7-11-27-64(51)71-66(53)59/h1-39,51,64H. The molecule has 0 spiro atoms. The summed E-state index contributed by atoms with van der Waals surface area (Å²) in [6.45, 7) is 0. The highest BCUT2D eigenvalue weighted by atomic mass is 16.5. The van der Waals surface area contributed by atoms with Crippen LogP contribution in [0.4, 0.5) is 0 Å². The maximum absolute atomic E-state index is 6.76. The number of allylic oxidation sites excluding steroid dienone is 2. The maximum Gasteiger partial charge on any atom is 0.159 e. The van der Waals surface area contributed by atoms with E-state index in [4.69, 9.17) is 9.15 Å². The Morgan fingerprint density at radius 2 is 0.859 bits per heavy atom. The summed E-state index contributed by atoms with van der Waals surface area (Å²) in [6.07, 6.45) is 8.68. The molecule has 2 atom stereocenters. The molecule has 0 saturated carbocycles. The van der Waals surface area contributed by atoms with Gasteiger partial charge in [-0.2, -0.15) is 0 Å². The van der Waals surface area contributed by atoms with Crippen LogP contribution in [0.1, 0.15) is 11.5 Å². The molecule has 0 saturated heterocycles. The summed E-state index contributed by atoms with van der Waals surface area (Å²) in [7, 11) is 0. The molecule has 0 fully saturated rings. The molecular formula is C66H41N3O2. The normalized spacial score (nSPS) is 15.3. The van der Waals surface area contributed by atoms with E-state index in [0.717, 1.165) is 100 Å². The van der Waals surface area contributed by atoms with Gasteiger partial charge in [0, 0.05) is 60.3 Å². The van der Waals surface area contributed by atoms with Gasteiger partial charge in [0.2, 0.25) is 0 Å². The lowest BCUT2D eigenvalue weighted by atomic mass is 9.92. The minimum absolute atomic E-state index is 0.00537. The minimum atomic E-state index is 0.00537. The van der Waals surface area contributed by atoms with Gasteiger partial charge >= 0.3 is 0 Å². The Labute approximate surface area is 407 Å². The maximum atomic E-state index is 6.76. The van der Waals surface area contributed by atoms with Gasteiger partial charge in [0.1, 0.15) is 17.4 Å². The molecule has 5 nitrogen and oxygen atoms in total. The molecule has 14 aromatic rings. The van der Waals surface area contributed by atoms with Crippen LogP contribution in [0.3, 0.4) is 0 Å². The van der Waals surface area contributed by atoms with Gasteiger partial charge in [-0.25, -0.2) is 0 Å². The number of nitrogens with zero attached hydrogens (tertiary/aromatic N) is 3. The summed E-state index contributed by atoms with van der Waals surface area (Å²) in [4.78, 5) is 0. The second-order valence-corrected chi connectivity index (χ2v) is 19.1. The summed E-state index contributed by atoms with van der Waals surface area (Å²) < 4.78 is 20.6. The number of hydrogen-bond donors (Lipinski definition) is 0. The molecule has 0 bridgehead atoms. The predicted molar refractivity (Wildman–Crippen MR) is 293 cm³/mol. The van der Waals surface area contributed by atoms with Gasteiger partial charge in [-0.3, -0.25) is 0 Å². The van der Waals surface area contributed by atoms with E-state index in [2.05, 4.69) is 244 Å². The highest BCUT2D eigenvalue weighted by molar-refractivity contribution is 6.15. The van der Waals surface area contributed by atoms with Gasteiger partial charge in [0.15, 0.2) is 5.58 Å². The van der Waals surface area contributed by atoms with Crippen molar-refractivity contribution in [2.24, 2.45) is 0 Å². The van der Waals surface area contributed by atoms with Crippen molar-refractivity contribution in [2.75, 3.05) is 0 Å². The van der Waals surface area contributed by atoms with Gasteiger partial charge in [-0.1, -0.05) is 158 Å². The number of aromatic nitrogens is 3. The second-order valence-electron chi connectivity index (χ2n) is 19.1. The quantitative estimate of drug-likeness (QED) is 0.173. The van der Waals surface area contributed by atoms with Gasteiger partial charge < -0.3 is 22.9 Å². The molecule has 4 aromatic heterocycles. The largest absolute Gasteiger partial charge is 0.483 e. The zero-order valence-corrected chi connectivity index (χ0v) is 38.3. The number of benzene rings is 10. The Hall–Kier alpha value is -9.32. The number of hydrogen-bond acceptors (Lipinski definition) is 2. The Kier molecular flexibility index (Phi) is 7.94. The smallest absolute Gasteiger partial charge is 0.159 e. The molecule has 2 aliphatic rings. The van der Waals surface area contributed by atoms with Crippen molar-refractivity contribution in [3.8, 4) is 45.1 Å². The van der Waals surface area contributed by atoms with E-state index in [1.807, 2.05) is 6.07 Å². The summed E-state index contributed by atoms with van der Waals surface area (Å²) in [5.41, 5.74) is 17.8. The van der Waals surface area contributed by atoms with Crippen LogP contribution in [0.25, 0.3) is 127 Å². The van der Waals surface area contributed by atoms with Crippen molar-refractivity contribution in [2.45, 2.75) is 12.0 Å². The monoisotopic (exact) mass is 907 g/mol. The first kappa shape index (κ1) is 38.6. The molecule has 332 valence electrons. The van der Waals surface area contributed by atoms with Crippen molar-refractivity contribution in [3.63, 3.8) is 0 Å². The average molecular weight is 908 g/mol. The lowest BCUT2D eigenvalue weighted by Crippen LogP contribution is -2.15. The summed E-state index contributed by atoms with van der Waals surface area (Å²) in [6, 6.07) is 77.5. The van der Waals surface area contributed by atoms with E-state index in [1.165, 1.54) is 37.9 Å². The molecule has 1 aliphatic heterocycles. The van der Waals surface area contributed by atoms with E-state index < -0.39 is 0 Å². The lowest BCUT2D eigenvalue weighted by molar-refractivity contribution is 0.268. The van der Waals surface area contributed by atoms with Crippen molar-refractivity contribution in [3.05, 3.63) is 242 Å². The van der Waals surface area contributed by atoms with E-state index >= 15 is 0 Å². The fraction of sp³-hybridized carbons (Fsp3) is 0.0303. The molecule has 0 N–H and O–H groups in total. The number of ether oxygens (including phenoxy) is 1. The van der Waals surface area contributed by atoms with Gasteiger partial charge in [-0.15, -0.1) is 0 Å². The van der Waals surface area contributed by atoms with Crippen LogP contribution in [-0.2, 0) is 0 Å². The van der Waals surface area contributed by atoms with Gasteiger partial charge in [0.25, 0.3) is 0 Å². The van der Waals surface area contributed by atoms with Crippen LogP contribution in [0.2, 0.25) is 0 Å². The Balaban J connectivity index is 0.867. The molecule has 2 unspecified atom stereocenters. The second kappa shape index (κ2) is 14.6. The van der Waals surface area contributed by atoms with E-state index in [0.29, 0.717) is 0 Å². The molecule has 71 heavy (non-hydrogen) atoms. The first-order valence-electron chi connectivity index (χ1n) is 24.5. The Bertz CT molecular complexity index is 4630. The fourth-order valence-electron chi connectivity index (χ4n) is 12.2. The van der Waals surface area contributed by atoms with Crippen LogP contribution in [-0.4, -0.2) is 19.8 Å². The van der Waals surface area contributed by atoms with Crippen LogP contribution in [0.15, 0.2) is 241 Å². The average Bonchev–Trinajstić information content (AvgIpc) is 4.24. The molecular weight excluding hydrogens is 867 g/mol. The van der Waals surface area contributed by atoms with Crippen LogP contribution in [0, 0.1) is 0 Å². The predicted octanol–water partition coefficient (Wildman–Crippen LogP) is 17.2. The first-order valence-corrected chi connectivity index (χ1v) is 24.5. The number of fused-ring (bicyclic) bond motifs is 15. The lowest BCUT2D eigenvalue weighted by Gasteiger charge is -2.15. The van der Waals surface area contributed by atoms with E-state index in [1.54, 1.807) is 0 Å². The first-order chi connectivity index (χ1) is 35.2. The zero-order valence-electron chi connectivity index (χ0n) is 38.3. The molecule has 0 radical (unpaired) electrons. The Morgan fingerprint density at radius 1 is 0.338 bits per heavy atom. The summed E-state index contributed by atoms with van der Waals surface area (Å²) in [5.74, 6) is 1.17. The molecule has 0 amide bonds. The number of rotatable bonds is 5. The molecule has 5 heteroatoms. The van der Waals surface area contributed by atoms with Crippen molar-refractivity contribution >= 4 is 87.4 Å². The van der Waals surface area contributed by atoms with Gasteiger partial charge in [-0.05, 0) is 101 Å². The minimum Gasteiger partial charge on any atom is -0.483 e. The van der Waals surface area contributed by atoms with E-state index in [9.17, 15) is 0 Å². The Morgan fingerprint density at radius 3 is 1.59 bits per heavy atom. The van der Waals surface area contributed by atoms with Crippen molar-refractivity contribution in [1.82, 2.24) is 13.7 Å². The van der Waals surface area contributed by atoms with Crippen molar-refractivity contribution < 1.29 is 9.15 Å². The zero-order chi connectivity index (χ0) is 46.3. The van der Waals surface area contributed by atoms with Crippen LogP contribution >= 0.6 is 0 Å². The third-order valence-electron chi connectivity index (χ3n) is 15.4. The fourth-order valence-corrected chi connectivity index (χ4v) is 12.2. The number of para-hydroxylation sites is 6. The highest BCUT2D eigenvalue weighted by Gasteiger charge is 2.34. The third kappa shape index (κ3) is 5.51. The summed E-state index contributed by atoms with van der Waals surface area (Å²) in [5, 5.41) is 9.52. The molecule has 10 aromatic carbocycles. The van der Waals surface area contributed by atoms with Gasteiger partial charge in [0.05, 0.1) is 44.5 Å².